The Hall–Kier alpha value is -3.03. The van der Waals surface area contributed by atoms with Crippen LogP contribution >= 0.6 is 0 Å². The number of aromatic nitrogens is 2. The molecule has 0 aliphatic carbocycles. The number of amides is 1. The summed E-state index contributed by atoms with van der Waals surface area (Å²) < 4.78 is 11.5. The zero-order chi connectivity index (χ0) is 17.0. The molecule has 0 aliphatic heterocycles. The van der Waals surface area contributed by atoms with Crippen LogP contribution in [0.1, 0.15) is 5.56 Å². The lowest BCUT2D eigenvalue weighted by molar-refractivity contribution is -0.116. The maximum Gasteiger partial charge on any atom is 0.328 e. The van der Waals surface area contributed by atoms with Gasteiger partial charge in [-0.05, 0) is 18.6 Å². The first-order valence-electron chi connectivity index (χ1n) is 6.77. The van der Waals surface area contributed by atoms with Gasteiger partial charge in [-0.15, -0.1) is 0 Å². The van der Waals surface area contributed by atoms with Gasteiger partial charge in [-0.3, -0.25) is 19.1 Å². The van der Waals surface area contributed by atoms with Crippen LogP contribution < -0.4 is 26.0 Å². The van der Waals surface area contributed by atoms with Gasteiger partial charge in [-0.1, -0.05) is 0 Å². The van der Waals surface area contributed by atoms with Crippen molar-refractivity contribution in [2.45, 2.75) is 13.5 Å². The molecule has 1 heterocycles. The molecule has 0 saturated carbocycles. The second-order valence-electron chi connectivity index (χ2n) is 4.81. The molecule has 1 aromatic heterocycles. The summed E-state index contributed by atoms with van der Waals surface area (Å²) in [5.41, 5.74) is 0.175. The van der Waals surface area contributed by atoms with Gasteiger partial charge in [-0.2, -0.15) is 0 Å². The molecule has 122 valence electrons. The molecule has 0 radical (unpaired) electrons. The summed E-state index contributed by atoms with van der Waals surface area (Å²) >= 11 is 0. The van der Waals surface area contributed by atoms with Gasteiger partial charge < -0.3 is 14.8 Å². The van der Waals surface area contributed by atoms with Gasteiger partial charge in [0, 0.05) is 24.0 Å². The van der Waals surface area contributed by atoms with E-state index in [1.807, 2.05) is 6.92 Å². The molecule has 0 aliphatic rings. The highest BCUT2D eigenvalue weighted by Crippen LogP contribution is 2.32. The van der Waals surface area contributed by atoms with Gasteiger partial charge in [0.2, 0.25) is 5.91 Å². The van der Waals surface area contributed by atoms with E-state index in [0.29, 0.717) is 17.2 Å². The monoisotopic (exact) mass is 319 g/mol. The van der Waals surface area contributed by atoms with E-state index < -0.39 is 17.2 Å². The zero-order valence-electron chi connectivity index (χ0n) is 13.0. The van der Waals surface area contributed by atoms with Gasteiger partial charge >= 0.3 is 5.69 Å². The molecule has 0 atom stereocenters. The molecule has 2 aromatic rings. The number of nitrogens with one attached hydrogen (secondary N) is 2. The molecule has 2 rings (SSSR count). The summed E-state index contributed by atoms with van der Waals surface area (Å²) in [4.78, 5) is 36.7. The first-order valence-corrected chi connectivity index (χ1v) is 6.77. The van der Waals surface area contributed by atoms with E-state index in [-0.39, 0.29) is 6.54 Å². The number of hydrogen-bond acceptors (Lipinski definition) is 5. The van der Waals surface area contributed by atoms with Crippen LogP contribution in [0.3, 0.4) is 0 Å². The van der Waals surface area contributed by atoms with Crippen LogP contribution in [0.5, 0.6) is 11.5 Å². The summed E-state index contributed by atoms with van der Waals surface area (Å²) in [5.74, 6) is 0.629. The number of aromatic amines is 1. The minimum absolute atomic E-state index is 0.219. The van der Waals surface area contributed by atoms with Crippen LogP contribution in [0, 0.1) is 6.92 Å². The maximum atomic E-state index is 12.1. The van der Waals surface area contributed by atoms with Crippen molar-refractivity contribution in [1.82, 2.24) is 9.55 Å². The van der Waals surface area contributed by atoms with Gasteiger partial charge in [0.05, 0.1) is 14.2 Å². The molecular formula is C15H17N3O5. The first-order chi connectivity index (χ1) is 10.9. The smallest absolute Gasteiger partial charge is 0.328 e. The standard InChI is InChI=1S/C15H17N3O5/c1-9-6-11(22-2)12(23-3)7-10(9)16-14(20)8-18-5-4-13(19)17-15(18)21/h4-7H,8H2,1-3H3,(H,16,20)(H,17,19,21). The second-order valence-corrected chi connectivity index (χ2v) is 4.81. The third kappa shape index (κ3) is 3.79. The molecule has 0 bridgehead atoms. The number of anilines is 1. The van der Waals surface area contributed by atoms with Crippen LogP contribution in [-0.2, 0) is 11.3 Å². The second kappa shape index (κ2) is 6.82. The van der Waals surface area contributed by atoms with E-state index in [1.165, 1.54) is 26.5 Å². The Bertz CT molecular complexity index is 838. The highest BCUT2D eigenvalue weighted by Gasteiger charge is 2.12. The quantitative estimate of drug-likeness (QED) is 0.835. The zero-order valence-corrected chi connectivity index (χ0v) is 13.0. The normalized spacial score (nSPS) is 10.2. The molecule has 0 unspecified atom stereocenters. The number of carbonyl (C=O) groups is 1. The van der Waals surface area contributed by atoms with Gasteiger partial charge in [0.1, 0.15) is 6.54 Å². The Morgan fingerprint density at radius 1 is 1.22 bits per heavy atom. The SMILES string of the molecule is COc1cc(C)c(NC(=O)Cn2ccc(=O)[nH]c2=O)cc1OC. The fourth-order valence-corrected chi connectivity index (χ4v) is 2.03. The lowest BCUT2D eigenvalue weighted by Crippen LogP contribution is -2.32. The van der Waals surface area contributed by atoms with Crippen LogP contribution in [0.4, 0.5) is 5.69 Å². The number of methoxy groups -OCH3 is 2. The number of aryl methyl sites for hydroxylation is 1. The van der Waals surface area contributed by atoms with Crippen molar-refractivity contribution in [3.05, 3.63) is 50.8 Å². The molecule has 8 nitrogen and oxygen atoms in total. The fourth-order valence-electron chi connectivity index (χ4n) is 2.03. The number of ether oxygens (including phenoxy) is 2. The summed E-state index contributed by atoms with van der Waals surface area (Å²) in [6.07, 6.45) is 1.27. The average molecular weight is 319 g/mol. The fraction of sp³-hybridized carbons (Fsp3) is 0.267. The van der Waals surface area contributed by atoms with Gasteiger partial charge in [-0.25, -0.2) is 4.79 Å². The number of H-pyrrole nitrogens is 1. The van der Waals surface area contributed by atoms with E-state index in [9.17, 15) is 14.4 Å². The van der Waals surface area contributed by atoms with E-state index >= 15 is 0 Å². The largest absolute Gasteiger partial charge is 0.493 e. The minimum Gasteiger partial charge on any atom is -0.493 e. The highest BCUT2D eigenvalue weighted by atomic mass is 16.5. The van der Waals surface area contributed by atoms with Crippen LogP contribution in [0.15, 0.2) is 34.0 Å². The Morgan fingerprint density at radius 3 is 2.48 bits per heavy atom. The molecule has 0 spiro atoms. The summed E-state index contributed by atoms with van der Waals surface area (Å²) in [7, 11) is 3.02. The Morgan fingerprint density at radius 2 is 1.87 bits per heavy atom. The lowest BCUT2D eigenvalue weighted by atomic mass is 10.1. The van der Waals surface area contributed by atoms with Crippen molar-refractivity contribution < 1.29 is 14.3 Å². The number of hydrogen-bond donors (Lipinski definition) is 2. The van der Waals surface area contributed by atoms with E-state index in [2.05, 4.69) is 10.3 Å². The average Bonchev–Trinajstić information content (AvgIpc) is 2.51. The Balaban J connectivity index is 2.20. The van der Waals surface area contributed by atoms with E-state index in [4.69, 9.17) is 9.47 Å². The maximum absolute atomic E-state index is 12.1. The molecule has 8 heteroatoms. The molecule has 23 heavy (non-hydrogen) atoms. The number of benzene rings is 1. The third-order valence-electron chi connectivity index (χ3n) is 3.22. The van der Waals surface area contributed by atoms with E-state index in [0.717, 1.165) is 10.1 Å². The molecular weight excluding hydrogens is 302 g/mol. The van der Waals surface area contributed by atoms with Crippen molar-refractivity contribution in [3.63, 3.8) is 0 Å². The Labute approximate surface area is 131 Å². The lowest BCUT2D eigenvalue weighted by Gasteiger charge is -2.14. The summed E-state index contributed by atoms with van der Waals surface area (Å²) in [5, 5.41) is 2.70. The first kappa shape index (κ1) is 16.3. The van der Waals surface area contributed by atoms with Gasteiger partial charge in [0.25, 0.3) is 5.56 Å². The third-order valence-corrected chi connectivity index (χ3v) is 3.22. The molecule has 0 saturated heterocycles. The van der Waals surface area contributed by atoms with Crippen molar-refractivity contribution in [2.75, 3.05) is 19.5 Å². The van der Waals surface area contributed by atoms with Crippen molar-refractivity contribution in [2.24, 2.45) is 0 Å². The number of rotatable bonds is 5. The number of carbonyl (C=O) groups excluding carboxylic acids is 1. The van der Waals surface area contributed by atoms with Crippen LogP contribution in [0.2, 0.25) is 0 Å². The molecule has 1 amide bonds. The molecule has 1 aromatic carbocycles. The predicted molar refractivity (Wildman–Crippen MR) is 84.2 cm³/mol. The summed E-state index contributed by atoms with van der Waals surface area (Å²) in [6, 6.07) is 4.55. The number of nitrogens with zero attached hydrogens (tertiary/aromatic N) is 1. The highest BCUT2D eigenvalue weighted by molar-refractivity contribution is 5.91. The minimum atomic E-state index is -0.642. The summed E-state index contributed by atoms with van der Waals surface area (Å²) in [6.45, 7) is 1.59. The van der Waals surface area contributed by atoms with Gasteiger partial charge in [0.15, 0.2) is 11.5 Å². The van der Waals surface area contributed by atoms with E-state index in [1.54, 1.807) is 12.1 Å². The van der Waals surface area contributed by atoms with Crippen molar-refractivity contribution in [3.8, 4) is 11.5 Å². The van der Waals surface area contributed by atoms with Crippen LogP contribution in [-0.4, -0.2) is 29.7 Å². The van der Waals surface area contributed by atoms with Crippen molar-refractivity contribution >= 4 is 11.6 Å². The van der Waals surface area contributed by atoms with Crippen molar-refractivity contribution in [1.29, 1.82) is 0 Å². The Kier molecular flexibility index (Phi) is 4.85. The topological polar surface area (TPSA) is 102 Å². The molecule has 0 fully saturated rings. The predicted octanol–water partition coefficient (Wildman–Crippen LogP) is 0.501. The van der Waals surface area contributed by atoms with Crippen LogP contribution in [0.25, 0.3) is 0 Å². The molecule has 2 N–H and O–H groups in total.